The molecule has 0 amide bonds. The van der Waals surface area contributed by atoms with Crippen LogP contribution in [0.25, 0.3) is 0 Å². The van der Waals surface area contributed by atoms with Crippen LogP contribution in [-0.4, -0.2) is 6.54 Å². The summed E-state index contributed by atoms with van der Waals surface area (Å²) in [6.07, 6.45) is 0. The summed E-state index contributed by atoms with van der Waals surface area (Å²) in [6, 6.07) is 8.59. The van der Waals surface area contributed by atoms with Gasteiger partial charge in [0, 0.05) is 0 Å². The van der Waals surface area contributed by atoms with E-state index < -0.39 is 5.82 Å². The molecule has 0 atom stereocenters. The van der Waals surface area contributed by atoms with Crippen molar-refractivity contribution < 1.29 is 13.5 Å². The highest BCUT2D eigenvalue weighted by molar-refractivity contribution is 5.46. The first kappa shape index (κ1) is 15.0. The first-order valence-corrected chi connectivity index (χ1v) is 6.46. The molecule has 4 heteroatoms. The van der Waals surface area contributed by atoms with Gasteiger partial charge in [0.15, 0.2) is 0 Å². The molecule has 2 N–H and O–H groups in total. The molecule has 0 saturated carbocycles. The number of hydrogen-bond acceptors (Lipinski definition) is 2. The Morgan fingerprint density at radius 1 is 1.10 bits per heavy atom. The minimum atomic E-state index is -0.398. The predicted octanol–water partition coefficient (Wildman–Crippen LogP) is 3.16. The van der Waals surface area contributed by atoms with E-state index in [9.17, 15) is 8.78 Å². The monoisotopic (exact) mass is 287 g/mol. The molecule has 2 nitrogen and oxygen atoms in total. The van der Waals surface area contributed by atoms with Crippen LogP contribution in [0, 0.1) is 30.4 Å². The first-order chi connectivity index (χ1) is 10.1. The van der Waals surface area contributed by atoms with Crippen molar-refractivity contribution in [1.29, 1.82) is 0 Å². The maximum atomic E-state index is 13.3. The number of hydrogen-bond donors (Lipinski definition) is 1. The van der Waals surface area contributed by atoms with Crippen molar-refractivity contribution in [2.75, 3.05) is 6.54 Å². The highest BCUT2D eigenvalue weighted by atomic mass is 19.1. The van der Waals surface area contributed by atoms with E-state index in [4.69, 9.17) is 10.5 Å². The number of aryl methyl sites for hydroxylation is 1. The zero-order valence-corrected chi connectivity index (χ0v) is 11.6. The van der Waals surface area contributed by atoms with Gasteiger partial charge in [0.25, 0.3) is 0 Å². The number of halogens is 2. The van der Waals surface area contributed by atoms with Crippen LogP contribution in [-0.2, 0) is 6.61 Å². The number of rotatable bonds is 3. The third-order valence-electron chi connectivity index (χ3n) is 2.96. The summed E-state index contributed by atoms with van der Waals surface area (Å²) in [5, 5.41) is 0. The number of ether oxygens (including phenoxy) is 1. The Morgan fingerprint density at radius 3 is 2.57 bits per heavy atom. The molecule has 0 heterocycles. The van der Waals surface area contributed by atoms with Crippen molar-refractivity contribution in [1.82, 2.24) is 0 Å². The van der Waals surface area contributed by atoms with Gasteiger partial charge < -0.3 is 10.5 Å². The second kappa shape index (κ2) is 6.87. The standard InChI is InChI=1S/C17H15F2NO/c1-12-4-5-15(18)10-14(12)11-21-17-7-6-16(19)9-13(17)3-2-8-20/h4-7,9-10H,8,11,20H2,1H3. The largest absolute Gasteiger partial charge is 0.488 e. The Labute approximate surface area is 122 Å². The average Bonchev–Trinajstić information content (AvgIpc) is 2.47. The fourth-order valence-corrected chi connectivity index (χ4v) is 1.82. The SMILES string of the molecule is Cc1ccc(F)cc1COc1ccc(F)cc1C#CCN. The predicted molar refractivity (Wildman–Crippen MR) is 77.8 cm³/mol. The molecule has 0 saturated heterocycles. The molecular weight excluding hydrogens is 272 g/mol. The van der Waals surface area contributed by atoms with Gasteiger partial charge in [-0.2, -0.15) is 0 Å². The van der Waals surface area contributed by atoms with Crippen LogP contribution < -0.4 is 10.5 Å². The van der Waals surface area contributed by atoms with E-state index in [0.29, 0.717) is 11.3 Å². The lowest BCUT2D eigenvalue weighted by atomic mass is 10.1. The van der Waals surface area contributed by atoms with Crippen LogP contribution in [0.3, 0.4) is 0 Å². The molecule has 0 aromatic heterocycles. The molecule has 2 aromatic carbocycles. The second-order valence-corrected chi connectivity index (χ2v) is 4.51. The molecule has 2 rings (SSSR count). The lowest BCUT2D eigenvalue weighted by Crippen LogP contribution is -2.01. The van der Waals surface area contributed by atoms with Gasteiger partial charge in [-0.15, -0.1) is 0 Å². The summed E-state index contributed by atoms with van der Waals surface area (Å²) in [5.41, 5.74) is 7.40. The van der Waals surface area contributed by atoms with E-state index in [1.165, 1.54) is 30.3 Å². The highest BCUT2D eigenvalue weighted by Crippen LogP contribution is 2.21. The maximum absolute atomic E-state index is 13.3. The van der Waals surface area contributed by atoms with Gasteiger partial charge in [0.05, 0.1) is 12.1 Å². The Morgan fingerprint density at radius 2 is 1.81 bits per heavy atom. The van der Waals surface area contributed by atoms with Crippen LogP contribution in [0.5, 0.6) is 5.75 Å². The number of nitrogens with two attached hydrogens (primary N) is 1. The molecule has 2 aromatic rings. The molecular formula is C17H15F2NO. The molecule has 0 unspecified atom stereocenters. The molecule has 0 radical (unpaired) electrons. The molecule has 108 valence electrons. The lowest BCUT2D eigenvalue weighted by molar-refractivity contribution is 0.303. The summed E-state index contributed by atoms with van der Waals surface area (Å²) in [7, 11) is 0. The van der Waals surface area contributed by atoms with Gasteiger partial charge >= 0.3 is 0 Å². The quantitative estimate of drug-likeness (QED) is 0.880. The molecule has 21 heavy (non-hydrogen) atoms. The van der Waals surface area contributed by atoms with Gasteiger partial charge in [-0.1, -0.05) is 17.9 Å². The highest BCUT2D eigenvalue weighted by Gasteiger charge is 2.06. The van der Waals surface area contributed by atoms with Gasteiger partial charge in [-0.25, -0.2) is 8.78 Å². The van der Waals surface area contributed by atoms with Crippen molar-refractivity contribution in [3.8, 4) is 17.6 Å². The molecule has 0 aliphatic rings. The van der Waals surface area contributed by atoms with E-state index in [2.05, 4.69) is 11.8 Å². The van der Waals surface area contributed by atoms with Crippen molar-refractivity contribution in [2.24, 2.45) is 5.73 Å². The summed E-state index contributed by atoms with van der Waals surface area (Å²) >= 11 is 0. The van der Waals surface area contributed by atoms with Crippen molar-refractivity contribution in [2.45, 2.75) is 13.5 Å². The van der Waals surface area contributed by atoms with Gasteiger partial charge in [0.1, 0.15) is 24.0 Å². The van der Waals surface area contributed by atoms with Gasteiger partial charge in [-0.05, 0) is 48.4 Å². The maximum Gasteiger partial charge on any atom is 0.135 e. The van der Waals surface area contributed by atoms with Crippen molar-refractivity contribution in [3.63, 3.8) is 0 Å². The summed E-state index contributed by atoms with van der Waals surface area (Å²) in [6.45, 7) is 2.24. The Hall–Kier alpha value is -2.38. The molecule has 0 bridgehead atoms. The average molecular weight is 287 g/mol. The topological polar surface area (TPSA) is 35.2 Å². The zero-order valence-electron chi connectivity index (χ0n) is 11.6. The molecule has 0 spiro atoms. The van der Waals surface area contributed by atoms with Crippen LogP contribution in [0.4, 0.5) is 8.78 Å². The fourth-order valence-electron chi connectivity index (χ4n) is 1.82. The Bertz CT molecular complexity index is 702. The van der Waals surface area contributed by atoms with Crippen molar-refractivity contribution >= 4 is 0 Å². The zero-order chi connectivity index (χ0) is 15.2. The minimum absolute atomic E-state index is 0.180. The van der Waals surface area contributed by atoms with E-state index >= 15 is 0 Å². The van der Waals surface area contributed by atoms with Crippen molar-refractivity contribution in [3.05, 3.63) is 64.7 Å². The summed E-state index contributed by atoms with van der Waals surface area (Å²) < 4.78 is 32.1. The fraction of sp³-hybridized carbons (Fsp3) is 0.176. The number of benzene rings is 2. The van der Waals surface area contributed by atoms with Crippen LogP contribution in [0.1, 0.15) is 16.7 Å². The van der Waals surface area contributed by atoms with Gasteiger partial charge in [-0.3, -0.25) is 0 Å². The van der Waals surface area contributed by atoms with E-state index in [0.717, 1.165) is 11.1 Å². The summed E-state index contributed by atoms with van der Waals surface area (Å²) in [5.74, 6) is 5.15. The third-order valence-corrected chi connectivity index (χ3v) is 2.96. The second-order valence-electron chi connectivity index (χ2n) is 4.51. The lowest BCUT2D eigenvalue weighted by Gasteiger charge is -2.10. The molecule has 0 aliphatic carbocycles. The van der Waals surface area contributed by atoms with Crippen LogP contribution >= 0.6 is 0 Å². The molecule has 0 fully saturated rings. The normalized spacial score (nSPS) is 9.90. The minimum Gasteiger partial charge on any atom is -0.488 e. The Kier molecular flexibility index (Phi) is 4.91. The Balaban J connectivity index is 2.21. The third kappa shape index (κ3) is 4.04. The van der Waals surface area contributed by atoms with Crippen LogP contribution in [0.15, 0.2) is 36.4 Å². The van der Waals surface area contributed by atoms with Gasteiger partial charge in [0.2, 0.25) is 0 Å². The van der Waals surface area contributed by atoms with E-state index in [-0.39, 0.29) is 19.0 Å². The molecule has 0 aliphatic heterocycles. The van der Waals surface area contributed by atoms with Crippen LogP contribution in [0.2, 0.25) is 0 Å². The summed E-state index contributed by atoms with van der Waals surface area (Å²) in [4.78, 5) is 0. The van der Waals surface area contributed by atoms with E-state index in [1.807, 2.05) is 6.92 Å². The smallest absolute Gasteiger partial charge is 0.135 e. The van der Waals surface area contributed by atoms with E-state index in [1.54, 1.807) is 6.07 Å². The first-order valence-electron chi connectivity index (χ1n) is 6.46.